The lowest BCUT2D eigenvalue weighted by Gasteiger charge is -2.10. The van der Waals surface area contributed by atoms with Crippen molar-refractivity contribution in [1.82, 2.24) is 4.90 Å². The molecule has 0 radical (unpaired) electrons. The maximum absolute atomic E-state index is 4.32. The molecule has 1 rings (SSSR count). The highest BCUT2D eigenvalue weighted by molar-refractivity contribution is 8.02. The molecule has 0 bridgehead atoms. The van der Waals surface area contributed by atoms with Gasteiger partial charge in [-0.25, -0.2) is 0 Å². The van der Waals surface area contributed by atoms with Gasteiger partial charge in [-0.2, -0.15) is 0 Å². The Kier molecular flexibility index (Phi) is 4.25. The van der Waals surface area contributed by atoms with E-state index in [0.29, 0.717) is 0 Å². The SMILES string of the molecule is CN(C)/C(S)=C/Sc1ccccc1. The number of thioether (sulfide) groups is 1. The maximum atomic E-state index is 4.32. The fourth-order valence-corrected chi connectivity index (χ4v) is 1.65. The van der Waals surface area contributed by atoms with Gasteiger partial charge in [-0.1, -0.05) is 30.0 Å². The first-order chi connectivity index (χ1) is 6.20. The van der Waals surface area contributed by atoms with E-state index in [1.807, 2.05) is 42.6 Å². The Morgan fingerprint density at radius 2 is 1.92 bits per heavy atom. The summed E-state index contributed by atoms with van der Waals surface area (Å²) in [5.41, 5.74) is 0. The minimum absolute atomic E-state index is 0.967. The van der Waals surface area contributed by atoms with Crippen LogP contribution >= 0.6 is 24.4 Å². The quantitative estimate of drug-likeness (QED) is 0.604. The van der Waals surface area contributed by atoms with Crippen molar-refractivity contribution in [2.24, 2.45) is 0 Å². The third kappa shape index (κ3) is 3.79. The van der Waals surface area contributed by atoms with E-state index in [2.05, 4.69) is 24.8 Å². The molecule has 0 amide bonds. The molecule has 0 heterocycles. The number of hydrogen-bond donors (Lipinski definition) is 1. The Balaban J connectivity index is 2.57. The zero-order chi connectivity index (χ0) is 9.68. The first-order valence-electron chi connectivity index (χ1n) is 3.98. The number of hydrogen-bond acceptors (Lipinski definition) is 3. The number of nitrogens with zero attached hydrogens (tertiary/aromatic N) is 1. The standard InChI is InChI=1S/C10H13NS2/c1-11(2)10(12)8-13-9-6-4-3-5-7-9/h3-8,12H,1-2H3/b10-8-. The van der Waals surface area contributed by atoms with Crippen molar-refractivity contribution in [2.45, 2.75) is 4.90 Å². The summed E-state index contributed by atoms with van der Waals surface area (Å²) >= 11 is 6.00. The van der Waals surface area contributed by atoms with Crippen LogP contribution in [0.3, 0.4) is 0 Å². The fraction of sp³-hybridized carbons (Fsp3) is 0.200. The number of benzene rings is 1. The normalized spacial score (nSPS) is 11.5. The molecule has 0 aliphatic carbocycles. The number of rotatable bonds is 3. The van der Waals surface area contributed by atoms with Crippen molar-refractivity contribution in [3.05, 3.63) is 40.8 Å². The Bertz CT molecular complexity index is 280. The summed E-state index contributed by atoms with van der Waals surface area (Å²) in [6.07, 6.45) is 0. The van der Waals surface area contributed by atoms with Gasteiger partial charge in [0.05, 0.1) is 5.03 Å². The first kappa shape index (κ1) is 10.5. The highest BCUT2D eigenvalue weighted by Crippen LogP contribution is 2.21. The summed E-state index contributed by atoms with van der Waals surface area (Å²) < 4.78 is 0. The molecule has 70 valence electrons. The van der Waals surface area contributed by atoms with E-state index in [1.165, 1.54) is 4.90 Å². The molecule has 13 heavy (non-hydrogen) atoms. The van der Waals surface area contributed by atoms with Crippen molar-refractivity contribution < 1.29 is 0 Å². The molecule has 0 saturated carbocycles. The average molecular weight is 211 g/mol. The summed E-state index contributed by atoms with van der Waals surface area (Å²) in [7, 11) is 3.95. The molecular formula is C10H13NS2. The van der Waals surface area contributed by atoms with Crippen LogP contribution in [0.2, 0.25) is 0 Å². The van der Waals surface area contributed by atoms with Crippen molar-refractivity contribution in [3.8, 4) is 0 Å². The summed E-state index contributed by atoms with van der Waals surface area (Å²) in [5, 5.41) is 2.99. The average Bonchev–Trinajstić information content (AvgIpc) is 2.15. The van der Waals surface area contributed by atoms with Crippen LogP contribution in [-0.2, 0) is 0 Å². The van der Waals surface area contributed by atoms with Gasteiger partial charge in [-0.3, -0.25) is 0 Å². The third-order valence-corrected chi connectivity index (χ3v) is 3.09. The second-order valence-electron chi connectivity index (χ2n) is 2.80. The second kappa shape index (κ2) is 5.25. The molecule has 0 spiro atoms. The van der Waals surface area contributed by atoms with Gasteiger partial charge < -0.3 is 4.90 Å². The van der Waals surface area contributed by atoms with Gasteiger partial charge in [0.15, 0.2) is 0 Å². The fourth-order valence-electron chi connectivity index (χ4n) is 0.725. The molecule has 0 aliphatic rings. The zero-order valence-corrected chi connectivity index (χ0v) is 9.48. The lowest BCUT2D eigenvalue weighted by atomic mass is 10.4. The lowest BCUT2D eigenvalue weighted by molar-refractivity contribution is 0.552. The molecule has 1 aromatic carbocycles. The van der Waals surface area contributed by atoms with Gasteiger partial charge in [0, 0.05) is 24.4 Å². The van der Waals surface area contributed by atoms with E-state index >= 15 is 0 Å². The smallest absolute Gasteiger partial charge is 0.0739 e. The van der Waals surface area contributed by atoms with Gasteiger partial charge in [0.25, 0.3) is 0 Å². The van der Waals surface area contributed by atoms with Gasteiger partial charge in [0.2, 0.25) is 0 Å². The van der Waals surface area contributed by atoms with E-state index in [4.69, 9.17) is 0 Å². The van der Waals surface area contributed by atoms with E-state index in [0.717, 1.165) is 5.03 Å². The molecule has 0 atom stereocenters. The summed E-state index contributed by atoms with van der Waals surface area (Å²) in [4.78, 5) is 3.20. The number of thiol groups is 1. The predicted octanol–water partition coefficient (Wildman–Crippen LogP) is 3.07. The van der Waals surface area contributed by atoms with Crippen LogP contribution in [0.1, 0.15) is 0 Å². The monoisotopic (exact) mass is 211 g/mol. The summed E-state index contributed by atoms with van der Waals surface area (Å²) in [6.45, 7) is 0. The topological polar surface area (TPSA) is 3.24 Å². The third-order valence-electron chi connectivity index (χ3n) is 1.50. The van der Waals surface area contributed by atoms with E-state index < -0.39 is 0 Å². The first-order valence-corrected chi connectivity index (χ1v) is 5.31. The lowest BCUT2D eigenvalue weighted by Crippen LogP contribution is -2.05. The van der Waals surface area contributed by atoms with Crippen LogP contribution in [0.5, 0.6) is 0 Å². The van der Waals surface area contributed by atoms with Crippen molar-refractivity contribution in [2.75, 3.05) is 14.1 Å². The van der Waals surface area contributed by atoms with Gasteiger partial charge in [-0.05, 0) is 12.1 Å². The molecule has 3 heteroatoms. The Hall–Kier alpha value is -0.540. The van der Waals surface area contributed by atoms with E-state index in [1.54, 1.807) is 11.8 Å². The Labute approximate surface area is 89.2 Å². The van der Waals surface area contributed by atoms with Crippen LogP contribution in [0.15, 0.2) is 45.7 Å². The molecule has 0 N–H and O–H groups in total. The molecule has 1 aromatic rings. The molecule has 0 aliphatic heterocycles. The van der Waals surface area contributed by atoms with Crippen LogP contribution < -0.4 is 0 Å². The van der Waals surface area contributed by atoms with Crippen LogP contribution in [-0.4, -0.2) is 19.0 Å². The molecular weight excluding hydrogens is 198 g/mol. The van der Waals surface area contributed by atoms with E-state index in [-0.39, 0.29) is 0 Å². The highest BCUT2D eigenvalue weighted by atomic mass is 32.2. The van der Waals surface area contributed by atoms with Crippen LogP contribution in [0.25, 0.3) is 0 Å². The minimum atomic E-state index is 0.967. The summed E-state index contributed by atoms with van der Waals surface area (Å²) in [6, 6.07) is 10.2. The maximum Gasteiger partial charge on any atom is 0.0739 e. The molecule has 0 fully saturated rings. The van der Waals surface area contributed by atoms with Crippen LogP contribution in [0.4, 0.5) is 0 Å². The molecule has 0 aromatic heterocycles. The van der Waals surface area contributed by atoms with Crippen LogP contribution in [0, 0.1) is 0 Å². The second-order valence-corrected chi connectivity index (χ2v) is 4.20. The van der Waals surface area contributed by atoms with Crippen molar-refractivity contribution in [3.63, 3.8) is 0 Å². The zero-order valence-electron chi connectivity index (χ0n) is 7.77. The molecule has 0 unspecified atom stereocenters. The summed E-state index contributed by atoms with van der Waals surface area (Å²) in [5.74, 6) is 0. The van der Waals surface area contributed by atoms with Crippen molar-refractivity contribution in [1.29, 1.82) is 0 Å². The highest BCUT2D eigenvalue weighted by Gasteiger charge is 1.92. The van der Waals surface area contributed by atoms with Gasteiger partial charge in [-0.15, -0.1) is 12.6 Å². The van der Waals surface area contributed by atoms with Gasteiger partial charge >= 0.3 is 0 Å². The van der Waals surface area contributed by atoms with Crippen molar-refractivity contribution >= 4 is 24.4 Å². The van der Waals surface area contributed by atoms with Gasteiger partial charge in [0.1, 0.15) is 0 Å². The predicted molar refractivity (Wildman–Crippen MR) is 63.1 cm³/mol. The minimum Gasteiger partial charge on any atom is -0.372 e. The Morgan fingerprint density at radius 3 is 2.46 bits per heavy atom. The Morgan fingerprint density at radius 1 is 1.31 bits per heavy atom. The molecule has 1 nitrogen and oxygen atoms in total. The molecule has 0 saturated heterocycles. The van der Waals surface area contributed by atoms with E-state index in [9.17, 15) is 0 Å². The largest absolute Gasteiger partial charge is 0.372 e.